The highest BCUT2D eigenvalue weighted by molar-refractivity contribution is 7.90. The Labute approximate surface area is 105 Å². The van der Waals surface area contributed by atoms with Crippen LogP contribution < -0.4 is 10.6 Å². The van der Waals surface area contributed by atoms with Crippen LogP contribution in [0.4, 0.5) is 11.5 Å². The molecule has 100 valence electrons. The predicted octanol–water partition coefficient (Wildman–Crippen LogP) is -0.157. The van der Waals surface area contributed by atoms with Crippen molar-refractivity contribution >= 4 is 27.3 Å². The maximum atomic E-state index is 11.1. The van der Waals surface area contributed by atoms with E-state index in [0.29, 0.717) is 0 Å². The summed E-state index contributed by atoms with van der Waals surface area (Å²) in [6.07, 6.45) is 2.45. The Morgan fingerprint density at radius 1 is 1.56 bits per heavy atom. The number of hydrogen-bond acceptors (Lipinski definition) is 6. The molecule has 1 heterocycles. The summed E-state index contributed by atoms with van der Waals surface area (Å²) in [5, 5.41) is 9.03. The highest BCUT2D eigenvalue weighted by atomic mass is 32.2. The van der Waals surface area contributed by atoms with Crippen molar-refractivity contribution in [2.24, 2.45) is 0 Å². The Hall–Kier alpha value is -1.83. The minimum absolute atomic E-state index is 0.0500. The van der Waals surface area contributed by atoms with Crippen LogP contribution in [0.3, 0.4) is 0 Å². The first kappa shape index (κ1) is 14.2. The van der Waals surface area contributed by atoms with Crippen LogP contribution in [0.2, 0.25) is 0 Å². The number of anilines is 2. The van der Waals surface area contributed by atoms with Crippen LogP contribution in [0, 0.1) is 0 Å². The summed E-state index contributed by atoms with van der Waals surface area (Å²) in [6.45, 7) is 0.163. The van der Waals surface area contributed by atoms with Gasteiger partial charge in [0.15, 0.2) is 0 Å². The van der Waals surface area contributed by atoms with Gasteiger partial charge in [-0.15, -0.1) is 0 Å². The standard InChI is InChI=1S/C10H15N3O4S/c1-13(3-4-18(2,16)17)9-8(10(14)15)5-7(11)6-12-9/h5-6H,3-4,11H2,1-2H3,(H,14,15). The van der Waals surface area contributed by atoms with E-state index >= 15 is 0 Å². The van der Waals surface area contributed by atoms with Crippen LogP contribution in [0.15, 0.2) is 12.3 Å². The van der Waals surface area contributed by atoms with E-state index in [-0.39, 0.29) is 29.4 Å². The number of carbonyl (C=O) groups is 1. The van der Waals surface area contributed by atoms with Crippen LogP contribution in [0.5, 0.6) is 0 Å². The molecule has 0 fully saturated rings. The topological polar surface area (TPSA) is 114 Å². The van der Waals surface area contributed by atoms with E-state index in [4.69, 9.17) is 10.8 Å². The van der Waals surface area contributed by atoms with Gasteiger partial charge in [-0.05, 0) is 6.07 Å². The summed E-state index contributed by atoms with van der Waals surface area (Å²) in [5.74, 6) is -1.04. The van der Waals surface area contributed by atoms with E-state index in [1.807, 2.05) is 0 Å². The van der Waals surface area contributed by atoms with Gasteiger partial charge < -0.3 is 15.7 Å². The molecule has 8 heteroatoms. The molecule has 1 rings (SSSR count). The Kier molecular flexibility index (Phi) is 4.12. The fraction of sp³-hybridized carbons (Fsp3) is 0.400. The third kappa shape index (κ3) is 3.88. The Morgan fingerprint density at radius 2 is 2.17 bits per heavy atom. The first-order valence-electron chi connectivity index (χ1n) is 5.08. The summed E-state index contributed by atoms with van der Waals surface area (Å²) in [4.78, 5) is 16.4. The lowest BCUT2D eigenvalue weighted by molar-refractivity contribution is 0.0697. The largest absolute Gasteiger partial charge is 0.478 e. The van der Waals surface area contributed by atoms with E-state index in [9.17, 15) is 13.2 Å². The minimum atomic E-state index is -3.11. The molecule has 1 aromatic rings. The van der Waals surface area contributed by atoms with Crippen molar-refractivity contribution in [3.63, 3.8) is 0 Å². The van der Waals surface area contributed by atoms with Gasteiger partial charge in [-0.25, -0.2) is 18.2 Å². The van der Waals surface area contributed by atoms with Crippen LogP contribution >= 0.6 is 0 Å². The monoisotopic (exact) mass is 273 g/mol. The van der Waals surface area contributed by atoms with Gasteiger partial charge in [0.1, 0.15) is 21.2 Å². The fourth-order valence-electron chi connectivity index (χ4n) is 1.34. The van der Waals surface area contributed by atoms with Gasteiger partial charge in [-0.3, -0.25) is 0 Å². The number of hydrogen-bond donors (Lipinski definition) is 2. The zero-order valence-corrected chi connectivity index (χ0v) is 10.9. The summed E-state index contributed by atoms with van der Waals surface area (Å²) < 4.78 is 22.1. The van der Waals surface area contributed by atoms with Crippen LogP contribution in [0.25, 0.3) is 0 Å². The fourth-order valence-corrected chi connectivity index (χ4v) is 1.95. The molecule has 0 aromatic carbocycles. The quantitative estimate of drug-likeness (QED) is 0.766. The number of nitrogen functional groups attached to an aromatic ring is 1. The first-order valence-corrected chi connectivity index (χ1v) is 7.14. The third-order valence-corrected chi connectivity index (χ3v) is 3.20. The average Bonchev–Trinajstić information content (AvgIpc) is 2.24. The van der Waals surface area contributed by atoms with Crippen molar-refractivity contribution in [3.8, 4) is 0 Å². The van der Waals surface area contributed by atoms with Crippen molar-refractivity contribution in [1.82, 2.24) is 4.98 Å². The molecule has 0 saturated heterocycles. The van der Waals surface area contributed by atoms with Crippen LogP contribution in [0.1, 0.15) is 10.4 Å². The number of carboxylic acid groups (broad SMARTS) is 1. The lowest BCUT2D eigenvalue weighted by Gasteiger charge is -2.19. The Morgan fingerprint density at radius 3 is 2.67 bits per heavy atom. The van der Waals surface area contributed by atoms with Crippen molar-refractivity contribution in [1.29, 1.82) is 0 Å². The second kappa shape index (κ2) is 5.21. The van der Waals surface area contributed by atoms with Gasteiger partial charge in [0, 0.05) is 19.8 Å². The zero-order chi connectivity index (χ0) is 13.9. The van der Waals surface area contributed by atoms with Crippen LogP contribution in [-0.2, 0) is 9.84 Å². The molecule has 7 nitrogen and oxygen atoms in total. The number of nitrogens with zero attached hydrogens (tertiary/aromatic N) is 2. The van der Waals surface area contributed by atoms with E-state index in [1.165, 1.54) is 17.2 Å². The highest BCUT2D eigenvalue weighted by Crippen LogP contribution is 2.18. The zero-order valence-electron chi connectivity index (χ0n) is 10.1. The molecule has 0 aliphatic heterocycles. The van der Waals surface area contributed by atoms with Gasteiger partial charge in [0.05, 0.1) is 17.6 Å². The molecular formula is C10H15N3O4S. The molecule has 3 N–H and O–H groups in total. The summed E-state index contributed by atoms with van der Waals surface area (Å²) >= 11 is 0. The number of pyridine rings is 1. The summed E-state index contributed by atoms with van der Waals surface area (Å²) in [7, 11) is -1.53. The summed E-state index contributed by atoms with van der Waals surface area (Å²) in [6, 6.07) is 1.29. The lowest BCUT2D eigenvalue weighted by atomic mass is 10.2. The van der Waals surface area contributed by atoms with E-state index in [1.54, 1.807) is 7.05 Å². The minimum Gasteiger partial charge on any atom is -0.478 e. The number of aromatic carboxylic acids is 1. The smallest absolute Gasteiger partial charge is 0.339 e. The molecule has 0 saturated carbocycles. The second-order valence-corrected chi connectivity index (χ2v) is 6.26. The van der Waals surface area contributed by atoms with Crippen molar-refractivity contribution in [3.05, 3.63) is 17.8 Å². The molecule has 0 amide bonds. The third-order valence-electron chi connectivity index (χ3n) is 2.28. The number of sulfone groups is 1. The Balaban J connectivity index is 2.98. The molecular weight excluding hydrogens is 258 g/mol. The van der Waals surface area contributed by atoms with E-state index < -0.39 is 15.8 Å². The van der Waals surface area contributed by atoms with Gasteiger partial charge in [-0.1, -0.05) is 0 Å². The molecule has 18 heavy (non-hydrogen) atoms. The van der Waals surface area contributed by atoms with Crippen molar-refractivity contribution in [2.45, 2.75) is 0 Å². The molecule has 0 unspecified atom stereocenters. The first-order chi connectivity index (χ1) is 8.20. The molecule has 0 radical (unpaired) electrons. The van der Waals surface area contributed by atoms with Crippen molar-refractivity contribution < 1.29 is 18.3 Å². The van der Waals surface area contributed by atoms with E-state index in [2.05, 4.69) is 4.98 Å². The number of aromatic nitrogens is 1. The average molecular weight is 273 g/mol. The maximum Gasteiger partial charge on any atom is 0.339 e. The lowest BCUT2D eigenvalue weighted by Crippen LogP contribution is -2.27. The normalized spacial score (nSPS) is 11.2. The molecule has 0 bridgehead atoms. The van der Waals surface area contributed by atoms with Gasteiger partial charge in [0.25, 0.3) is 0 Å². The Bertz CT molecular complexity index is 556. The molecule has 0 aliphatic rings. The molecule has 0 atom stereocenters. The van der Waals surface area contributed by atoms with Crippen molar-refractivity contribution in [2.75, 3.05) is 36.2 Å². The second-order valence-electron chi connectivity index (χ2n) is 4.00. The predicted molar refractivity (Wildman–Crippen MR) is 68.6 cm³/mol. The van der Waals surface area contributed by atoms with Gasteiger partial charge in [0.2, 0.25) is 0 Å². The highest BCUT2D eigenvalue weighted by Gasteiger charge is 2.16. The van der Waals surface area contributed by atoms with E-state index in [0.717, 1.165) is 6.26 Å². The molecule has 1 aromatic heterocycles. The summed E-state index contributed by atoms with van der Waals surface area (Å²) in [5.41, 5.74) is 5.66. The number of carboxylic acids is 1. The van der Waals surface area contributed by atoms with Crippen LogP contribution in [-0.4, -0.2) is 50.1 Å². The molecule has 0 spiro atoms. The maximum absolute atomic E-state index is 11.1. The molecule has 0 aliphatic carbocycles. The van der Waals surface area contributed by atoms with Gasteiger partial charge in [-0.2, -0.15) is 0 Å². The van der Waals surface area contributed by atoms with Gasteiger partial charge >= 0.3 is 5.97 Å². The number of rotatable bonds is 5. The SMILES string of the molecule is CN(CCS(C)(=O)=O)c1ncc(N)cc1C(=O)O. The number of nitrogens with two attached hydrogens (primary N) is 1.